The molecule has 0 aromatic heterocycles. The number of benzene rings is 2. The lowest BCUT2D eigenvalue weighted by Gasteiger charge is -2.18. The van der Waals surface area contributed by atoms with Crippen LogP contribution in [0.4, 0.5) is 5.69 Å². The van der Waals surface area contributed by atoms with Gasteiger partial charge < -0.3 is 10.0 Å². The summed E-state index contributed by atoms with van der Waals surface area (Å²) in [6.07, 6.45) is -0.673. The number of carbonyl (C=O) groups excluding carboxylic acids is 1. The van der Waals surface area contributed by atoms with Crippen LogP contribution < -0.4 is 4.90 Å². The fourth-order valence-corrected chi connectivity index (χ4v) is 3.16. The topological polar surface area (TPSA) is 40.5 Å². The maximum atomic E-state index is 12.5. The molecule has 0 saturated heterocycles. The van der Waals surface area contributed by atoms with Crippen LogP contribution in [-0.2, 0) is 10.2 Å². The minimum absolute atomic E-state index is 0.122. The molecule has 0 saturated carbocycles. The fraction of sp³-hybridized carbons (Fsp3) is 0.316. The summed E-state index contributed by atoms with van der Waals surface area (Å²) in [5, 5.41) is 10.6. The number of aliphatic hydroxyl groups is 1. The van der Waals surface area contributed by atoms with Crippen LogP contribution in [0.1, 0.15) is 43.6 Å². The zero-order valence-electron chi connectivity index (χ0n) is 13.2. The molecule has 2 aromatic rings. The second kappa shape index (κ2) is 5.25. The second-order valence-electron chi connectivity index (χ2n) is 6.26. The molecular weight excluding hydrogens is 274 g/mol. The van der Waals surface area contributed by atoms with Crippen LogP contribution in [0, 0.1) is 0 Å². The number of anilines is 1. The number of nitrogens with zero attached hydrogens (tertiary/aromatic N) is 1. The Labute approximate surface area is 131 Å². The van der Waals surface area contributed by atoms with Crippen LogP contribution >= 0.6 is 0 Å². The predicted molar refractivity (Wildman–Crippen MR) is 88.0 cm³/mol. The summed E-state index contributed by atoms with van der Waals surface area (Å²) in [4.78, 5) is 14.3. The molecule has 3 rings (SSSR count). The van der Waals surface area contributed by atoms with Crippen molar-refractivity contribution in [2.75, 3.05) is 11.4 Å². The zero-order chi connectivity index (χ0) is 15.9. The molecule has 1 unspecified atom stereocenters. The van der Waals surface area contributed by atoms with E-state index in [2.05, 4.69) is 0 Å². The average molecular weight is 295 g/mol. The van der Waals surface area contributed by atoms with E-state index in [0.29, 0.717) is 6.54 Å². The number of rotatable bonds is 3. The smallest absolute Gasteiger partial charge is 0.237 e. The Morgan fingerprint density at radius 1 is 1.09 bits per heavy atom. The van der Waals surface area contributed by atoms with Crippen molar-refractivity contribution in [3.05, 3.63) is 65.2 Å². The van der Waals surface area contributed by atoms with Gasteiger partial charge in [0.15, 0.2) is 0 Å². The van der Waals surface area contributed by atoms with Crippen molar-refractivity contribution < 1.29 is 9.90 Å². The molecule has 1 atom stereocenters. The van der Waals surface area contributed by atoms with E-state index in [1.165, 1.54) is 0 Å². The number of hydrogen-bond donors (Lipinski definition) is 1. The molecule has 3 nitrogen and oxygen atoms in total. The van der Waals surface area contributed by atoms with Crippen molar-refractivity contribution in [1.82, 2.24) is 0 Å². The van der Waals surface area contributed by atoms with Gasteiger partial charge in [0, 0.05) is 12.2 Å². The maximum Gasteiger partial charge on any atom is 0.237 e. The number of carbonyl (C=O) groups is 1. The van der Waals surface area contributed by atoms with Crippen LogP contribution in [0.15, 0.2) is 48.5 Å². The van der Waals surface area contributed by atoms with Gasteiger partial charge in [-0.2, -0.15) is 0 Å². The Bertz CT molecular complexity index is 707. The third kappa shape index (κ3) is 2.13. The van der Waals surface area contributed by atoms with Gasteiger partial charge in [0.2, 0.25) is 5.91 Å². The third-order valence-electron chi connectivity index (χ3n) is 4.51. The summed E-state index contributed by atoms with van der Waals surface area (Å²) in [6, 6.07) is 15.4. The molecule has 0 bridgehead atoms. The first kappa shape index (κ1) is 14.8. The summed E-state index contributed by atoms with van der Waals surface area (Å²) in [7, 11) is 0. The molecule has 3 heteroatoms. The highest BCUT2D eigenvalue weighted by atomic mass is 16.3. The van der Waals surface area contributed by atoms with Crippen molar-refractivity contribution in [3.8, 4) is 0 Å². The van der Waals surface area contributed by atoms with E-state index in [9.17, 15) is 9.90 Å². The van der Waals surface area contributed by atoms with Gasteiger partial charge in [-0.15, -0.1) is 0 Å². The van der Waals surface area contributed by atoms with Crippen molar-refractivity contribution in [2.24, 2.45) is 0 Å². The quantitative estimate of drug-likeness (QED) is 0.942. The number of amides is 1. The van der Waals surface area contributed by atoms with Gasteiger partial charge in [0.1, 0.15) is 6.10 Å². The lowest BCUT2D eigenvalue weighted by Crippen LogP contribution is -2.35. The Kier molecular flexibility index (Phi) is 3.53. The summed E-state index contributed by atoms with van der Waals surface area (Å²) >= 11 is 0. The highest BCUT2D eigenvalue weighted by Gasteiger charge is 2.43. The lowest BCUT2D eigenvalue weighted by molar-refractivity contribution is -0.122. The van der Waals surface area contributed by atoms with Crippen LogP contribution in [0.25, 0.3) is 0 Å². The van der Waals surface area contributed by atoms with E-state index in [4.69, 9.17) is 0 Å². The minimum atomic E-state index is -0.673. The van der Waals surface area contributed by atoms with E-state index in [1.54, 1.807) is 0 Å². The molecule has 0 aliphatic carbocycles. The molecule has 22 heavy (non-hydrogen) atoms. The Morgan fingerprint density at radius 2 is 1.77 bits per heavy atom. The molecule has 0 fully saturated rings. The van der Waals surface area contributed by atoms with E-state index in [-0.39, 0.29) is 5.91 Å². The lowest BCUT2D eigenvalue weighted by atomic mass is 9.84. The van der Waals surface area contributed by atoms with Crippen molar-refractivity contribution in [2.45, 2.75) is 32.3 Å². The van der Waals surface area contributed by atoms with Crippen molar-refractivity contribution in [3.63, 3.8) is 0 Å². The number of likely N-dealkylation sites (N-methyl/N-ethyl adjacent to an activating group) is 1. The molecule has 1 aliphatic heterocycles. The number of fused-ring (bicyclic) bond motifs is 1. The summed E-state index contributed by atoms with van der Waals surface area (Å²) < 4.78 is 0. The Balaban J connectivity index is 2.05. The SMILES string of the molecule is CCN1C(=O)C(C)(C)c2cc(C(O)c3ccccc3)ccc21. The first-order chi connectivity index (χ1) is 10.5. The largest absolute Gasteiger partial charge is 0.384 e. The predicted octanol–water partition coefficient (Wildman–Crippen LogP) is 3.41. The van der Waals surface area contributed by atoms with Gasteiger partial charge in [-0.05, 0) is 49.6 Å². The van der Waals surface area contributed by atoms with Crippen molar-refractivity contribution >= 4 is 11.6 Å². The van der Waals surface area contributed by atoms with Crippen LogP contribution in [-0.4, -0.2) is 17.6 Å². The highest BCUT2D eigenvalue weighted by molar-refractivity contribution is 6.07. The van der Waals surface area contributed by atoms with Gasteiger partial charge in [-0.3, -0.25) is 4.79 Å². The van der Waals surface area contributed by atoms with Crippen LogP contribution in [0.5, 0.6) is 0 Å². The summed E-state index contributed by atoms with van der Waals surface area (Å²) in [5.41, 5.74) is 3.09. The molecule has 1 aliphatic rings. The molecule has 2 aromatic carbocycles. The minimum Gasteiger partial charge on any atom is -0.384 e. The normalized spacial score (nSPS) is 17.5. The van der Waals surface area contributed by atoms with E-state index >= 15 is 0 Å². The summed E-state index contributed by atoms with van der Waals surface area (Å²) in [5.74, 6) is 0.122. The fourth-order valence-electron chi connectivity index (χ4n) is 3.16. The molecule has 0 spiro atoms. The van der Waals surface area contributed by atoms with Crippen LogP contribution in [0.2, 0.25) is 0 Å². The van der Waals surface area contributed by atoms with Gasteiger partial charge in [-0.1, -0.05) is 36.4 Å². The van der Waals surface area contributed by atoms with Gasteiger partial charge in [0.25, 0.3) is 0 Å². The van der Waals surface area contributed by atoms with Gasteiger partial charge >= 0.3 is 0 Å². The molecule has 1 N–H and O–H groups in total. The van der Waals surface area contributed by atoms with E-state index in [1.807, 2.05) is 74.2 Å². The average Bonchev–Trinajstić information content (AvgIpc) is 2.74. The molecule has 1 heterocycles. The number of hydrogen-bond acceptors (Lipinski definition) is 2. The highest BCUT2D eigenvalue weighted by Crippen LogP contribution is 2.42. The van der Waals surface area contributed by atoms with E-state index in [0.717, 1.165) is 22.4 Å². The Morgan fingerprint density at radius 3 is 2.41 bits per heavy atom. The van der Waals surface area contributed by atoms with Crippen LogP contribution in [0.3, 0.4) is 0 Å². The molecule has 0 radical (unpaired) electrons. The zero-order valence-corrected chi connectivity index (χ0v) is 13.2. The second-order valence-corrected chi connectivity index (χ2v) is 6.26. The first-order valence-corrected chi connectivity index (χ1v) is 7.66. The maximum absolute atomic E-state index is 12.5. The first-order valence-electron chi connectivity index (χ1n) is 7.66. The Hall–Kier alpha value is -2.13. The molecule has 114 valence electrons. The number of aliphatic hydroxyl groups excluding tert-OH is 1. The summed E-state index contributed by atoms with van der Waals surface area (Å²) in [6.45, 7) is 6.54. The monoisotopic (exact) mass is 295 g/mol. The van der Waals surface area contributed by atoms with Gasteiger partial charge in [-0.25, -0.2) is 0 Å². The third-order valence-corrected chi connectivity index (χ3v) is 4.51. The van der Waals surface area contributed by atoms with E-state index < -0.39 is 11.5 Å². The molecule has 1 amide bonds. The van der Waals surface area contributed by atoms with Gasteiger partial charge in [0.05, 0.1) is 5.41 Å². The molecular formula is C19H21NO2. The standard InChI is InChI=1S/C19H21NO2/c1-4-20-16-11-10-14(12-15(16)19(2,3)18(20)22)17(21)13-8-6-5-7-9-13/h5-12,17,21H,4H2,1-3H3. The van der Waals surface area contributed by atoms with Crippen molar-refractivity contribution in [1.29, 1.82) is 0 Å².